The van der Waals surface area contributed by atoms with Crippen LogP contribution >= 0.6 is 11.8 Å². The van der Waals surface area contributed by atoms with Crippen LogP contribution in [-0.4, -0.2) is 11.5 Å². The Bertz CT molecular complexity index is 462. The van der Waals surface area contributed by atoms with Gasteiger partial charge in [-0.15, -0.1) is 11.8 Å². The minimum atomic E-state index is 0.274. The average Bonchev–Trinajstić information content (AvgIpc) is 2.50. The molecule has 1 aromatic carbocycles. The number of hydrogen-bond donors (Lipinski definition) is 0. The molecule has 0 N–H and O–H groups in total. The van der Waals surface area contributed by atoms with Gasteiger partial charge in [0.15, 0.2) is 5.78 Å². The number of rotatable bonds is 7. The van der Waals surface area contributed by atoms with Crippen molar-refractivity contribution >= 4 is 17.5 Å². The van der Waals surface area contributed by atoms with Gasteiger partial charge in [-0.25, -0.2) is 0 Å². The van der Waals surface area contributed by atoms with Crippen LogP contribution in [0.15, 0.2) is 40.8 Å². The zero-order valence-electron chi connectivity index (χ0n) is 12.4. The Hall–Kier alpha value is -1.02. The molecule has 0 saturated heterocycles. The Morgan fingerprint density at radius 1 is 1.15 bits per heavy atom. The largest absolute Gasteiger partial charge is 0.294 e. The highest BCUT2D eigenvalue weighted by atomic mass is 32.2. The molecule has 0 unspecified atom stereocenters. The zero-order chi connectivity index (χ0) is 14.2. The van der Waals surface area contributed by atoms with Crippen molar-refractivity contribution in [3.8, 4) is 0 Å². The molecule has 1 aliphatic rings. The number of allylic oxidation sites excluding steroid dienone is 2. The number of thioether (sulfide) groups is 1. The van der Waals surface area contributed by atoms with Crippen LogP contribution in [0.2, 0.25) is 0 Å². The van der Waals surface area contributed by atoms with Crippen LogP contribution in [-0.2, 0) is 0 Å². The summed E-state index contributed by atoms with van der Waals surface area (Å²) in [5.74, 6) is 1.48. The van der Waals surface area contributed by atoms with Crippen LogP contribution in [0, 0.1) is 0 Å². The van der Waals surface area contributed by atoms with E-state index in [1.165, 1.54) is 48.3 Å². The Morgan fingerprint density at radius 2 is 1.90 bits per heavy atom. The second-order valence-electron chi connectivity index (χ2n) is 5.40. The molecule has 0 heterocycles. The molecule has 1 nitrogen and oxygen atoms in total. The van der Waals surface area contributed by atoms with E-state index in [1.54, 1.807) is 0 Å². The molecule has 0 amide bonds. The SMILES string of the molecule is CCCCSC1=C(CC(=O)c2ccccc2)CCCC1. The molecule has 1 aliphatic carbocycles. The van der Waals surface area contributed by atoms with Gasteiger partial charge in [0.05, 0.1) is 0 Å². The molecule has 0 radical (unpaired) electrons. The van der Waals surface area contributed by atoms with Gasteiger partial charge in [0.25, 0.3) is 0 Å². The minimum Gasteiger partial charge on any atom is -0.294 e. The van der Waals surface area contributed by atoms with Gasteiger partial charge in [0, 0.05) is 12.0 Å². The molecular weight excluding hydrogens is 264 g/mol. The lowest BCUT2D eigenvalue weighted by atomic mass is 9.93. The molecule has 0 fully saturated rings. The third-order valence-corrected chi connectivity index (χ3v) is 5.10. The van der Waals surface area contributed by atoms with Crippen molar-refractivity contribution in [3.63, 3.8) is 0 Å². The number of carbonyl (C=O) groups excluding carboxylic acids is 1. The first-order valence-corrected chi connectivity index (χ1v) is 8.71. The van der Waals surface area contributed by atoms with Crippen LogP contribution in [0.3, 0.4) is 0 Å². The molecule has 2 heteroatoms. The van der Waals surface area contributed by atoms with Crippen LogP contribution in [0.4, 0.5) is 0 Å². The van der Waals surface area contributed by atoms with Crippen LogP contribution in [0.5, 0.6) is 0 Å². The molecule has 0 atom stereocenters. The standard InChI is InChI=1S/C18H24OS/c1-2-3-13-20-18-12-8-7-11-16(18)14-17(19)15-9-5-4-6-10-15/h4-6,9-10H,2-3,7-8,11-14H2,1H3. The fourth-order valence-corrected chi connectivity index (χ4v) is 3.91. The van der Waals surface area contributed by atoms with E-state index in [2.05, 4.69) is 6.92 Å². The topological polar surface area (TPSA) is 17.1 Å². The second kappa shape index (κ2) is 8.31. The van der Waals surface area contributed by atoms with Gasteiger partial charge in [-0.2, -0.15) is 0 Å². The zero-order valence-corrected chi connectivity index (χ0v) is 13.2. The van der Waals surface area contributed by atoms with Gasteiger partial charge in [0.2, 0.25) is 0 Å². The summed E-state index contributed by atoms with van der Waals surface area (Å²) in [5.41, 5.74) is 2.26. The maximum atomic E-state index is 12.3. The summed E-state index contributed by atoms with van der Waals surface area (Å²) in [4.78, 5) is 13.9. The molecule has 108 valence electrons. The van der Waals surface area contributed by atoms with Gasteiger partial charge < -0.3 is 0 Å². The van der Waals surface area contributed by atoms with Crippen LogP contribution in [0.1, 0.15) is 62.2 Å². The van der Waals surface area contributed by atoms with Crippen LogP contribution in [0.25, 0.3) is 0 Å². The van der Waals surface area contributed by atoms with Crippen molar-refractivity contribution < 1.29 is 4.79 Å². The number of carbonyl (C=O) groups is 1. The number of Topliss-reactive ketones (excluding diaryl/α,β-unsaturated/α-hetero) is 1. The van der Waals surface area contributed by atoms with Crippen molar-refractivity contribution in [2.75, 3.05) is 5.75 Å². The maximum absolute atomic E-state index is 12.3. The smallest absolute Gasteiger partial charge is 0.166 e. The number of ketones is 1. The van der Waals surface area contributed by atoms with Crippen molar-refractivity contribution in [3.05, 3.63) is 46.4 Å². The van der Waals surface area contributed by atoms with E-state index in [-0.39, 0.29) is 5.78 Å². The Labute approximate surface area is 126 Å². The molecule has 1 aromatic rings. The van der Waals surface area contributed by atoms with Crippen molar-refractivity contribution in [2.45, 2.75) is 51.9 Å². The maximum Gasteiger partial charge on any atom is 0.166 e. The lowest BCUT2D eigenvalue weighted by Gasteiger charge is -2.19. The lowest BCUT2D eigenvalue weighted by Crippen LogP contribution is -2.06. The van der Waals surface area contributed by atoms with Gasteiger partial charge in [0.1, 0.15) is 0 Å². The van der Waals surface area contributed by atoms with E-state index in [4.69, 9.17) is 0 Å². The van der Waals surface area contributed by atoms with Crippen molar-refractivity contribution in [2.24, 2.45) is 0 Å². The van der Waals surface area contributed by atoms with Gasteiger partial charge in [-0.05, 0) is 42.8 Å². The molecule has 0 aliphatic heterocycles. The van der Waals surface area contributed by atoms with Gasteiger partial charge in [-0.1, -0.05) is 49.2 Å². The van der Waals surface area contributed by atoms with Gasteiger partial charge in [-0.3, -0.25) is 4.79 Å². The lowest BCUT2D eigenvalue weighted by molar-refractivity contribution is 0.0991. The summed E-state index contributed by atoms with van der Waals surface area (Å²) in [6.45, 7) is 2.23. The van der Waals surface area contributed by atoms with Gasteiger partial charge >= 0.3 is 0 Å². The number of hydrogen-bond acceptors (Lipinski definition) is 2. The Morgan fingerprint density at radius 3 is 2.65 bits per heavy atom. The predicted octanol–water partition coefficient (Wildman–Crippen LogP) is 5.62. The van der Waals surface area contributed by atoms with E-state index in [0.717, 1.165) is 12.0 Å². The predicted molar refractivity (Wildman–Crippen MR) is 88.2 cm³/mol. The third-order valence-electron chi connectivity index (χ3n) is 3.77. The van der Waals surface area contributed by atoms with E-state index in [0.29, 0.717) is 6.42 Å². The summed E-state index contributed by atoms with van der Waals surface area (Å²) in [6.07, 6.45) is 7.98. The molecule has 0 bridgehead atoms. The normalized spacial score (nSPS) is 15.4. The summed E-state index contributed by atoms with van der Waals surface area (Å²) < 4.78 is 0. The number of benzene rings is 1. The molecular formula is C18H24OS. The molecule has 0 aromatic heterocycles. The monoisotopic (exact) mass is 288 g/mol. The fraction of sp³-hybridized carbons (Fsp3) is 0.500. The summed E-state index contributed by atoms with van der Waals surface area (Å²) in [5, 5.41) is 0. The highest BCUT2D eigenvalue weighted by molar-refractivity contribution is 8.03. The summed E-state index contributed by atoms with van der Waals surface area (Å²) >= 11 is 1.99. The fourth-order valence-electron chi connectivity index (χ4n) is 2.56. The molecule has 20 heavy (non-hydrogen) atoms. The van der Waals surface area contributed by atoms with E-state index in [9.17, 15) is 4.79 Å². The van der Waals surface area contributed by atoms with E-state index in [1.807, 2.05) is 42.1 Å². The van der Waals surface area contributed by atoms with Crippen molar-refractivity contribution in [1.82, 2.24) is 0 Å². The second-order valence-corrected chi connectivity index (χ2v) is 6.59. The van der Waals surface area contributed by atoms with E-state index >= 15 is 0 Å². The highest BCUT2D eigenvalue weighted by Crippen LogP contribution is 2.35. The van der Waals surface area contributed by atoms with Crippen molar-refractivity contribution in [1.29, 1.82) is 0 Å². The Balaban J connectivity index is 2.02. The summed E-state index contributed by atoms with van der Waals surface area (Å²) in [7, 11) is 0. The first kappa shape index (κ1) is 15.4. The molecule has 0 saturated carbocycles. The minimum absolute atomic E-state index is 0.274. The molecule has 0 spiro atoms. The Kier molecular flexibility index (Phi) is 6.38. The first-order chi connectivity index (χ1) is 9.81. The molecule has 2 rings (SSSR count). The summed E-state index contributed by atoms with van der Waals surface area (Å²) in [6, 6.07) is 9.70. The number of unbranched alkanes of at least 4 members (excludes halogenated alkanes) is 1. The van der Waals surface area contributed by atoms with E-state index < -0.39 is 0 Å². The third kappa shape index (κ3) is 4.52. The first-order valence-electron chi connectivity index (χ1n) is 7.73. The average molecular weight is 288 g/mol. The van der Waals surface area contributed by atoms with Crippen LogP contribution < -0.4 is 0 Å². The highest BCUT2D eigenvalue weighted by Gasteiger charge is 2.16. The quantitative estimate of drug-likeness (QED) is 0.478.